The summed E-state index contributed by atoms with van der Waals surface area (Å²) in [6.07, 6.45) is 13.1. The van der Waals surface area contributed by atoms with Gasteiger partial charge in [-0.3, -0.25) is 14.4 Å². The lowest BCUT2D eigenvalue weighted by Crippen LogP contribution is -2.50. The maximum Gasteiger partial charge on any atom is 0.272 e. The lowest BCUT2D eigenvalue weighted by atomic mass is 9.58. The van der Waals surface area contributed by atoms with Crippen LogP contribution in [0.25, 0.3) is 5.00 Å². The third-order valence-electron chi connectivity index (χ3n) is 13.1. The second-order valence-corrected chi connectivity index (χ2v) is 19.1. The molecule has 1 saturated heterocycles. The Labute approximate surface area is 380 Å². The minimum Gasteiger partial charge on any atom is -0.490 e. The molecule has 0 unspecified atom stereocenters. The Morgan fingerprint density at radius 3 is 2.64 bits per heavy atom. The number of amides is 1. The minimum absolute atomic E-state index is 0.0253. The van der Waals surface area contributed by atoms with Crippen molar-refractivity contribution in [3.8, 4) is 28.7 Å². The number of hydrogen-bond donors (Lipinski definition) is 1. The van der Waals surface area contributed by atoms with Crippen LogP contribution in [-0.2, 0) is 6.42 Å². The molecular formula is C48H46ClN11O3S. The highest BCUT2D eigenvalue weighted by molar-refractivity contribution is 7.15. The van der Waals surface area contributed by atoms with Gasteiger partial charge in [0.15, 0.2) is 23.2 Å². The van der Waals surface area contributed by atoms with Gasteiger partial charge in [-0.2, -0.15) is 5.26 Å². The summed E-state index contributed by atoms with van der Waals surface area (Å²) >= 11 is 7.90. The van der Waals surface area contributed by atoms with Crippen molar-refractivity contribution in [2.24, 2.45) is 16.3 Å². The van der Waals surface area contributed by atoms with Gasteiger partial charge < -0.3 is 19.4 Å². The van der Waals surface area contributed by atoms with Crippen molar-refractivity contribution in [1.82, 2.24) is 40.2 Å². The first kappa shape index (κ1) is 41.6. The van der Waals surface area contributed by atoms with Crippen LogP contribution in [0.2, 0.25) is 5.02 Å². The van der Waals surface area contributed by atoms with Gasteiger partial charge in [0.25, 0.3) is 5.91 Å². The molecule has 64 heavy (non-hydrogen) atoms. The maximum absolute atomic E-state index is 13.2. The van der Waals surface area contributed by atoms with Gasteiger partial charge in [-0.1, -0.05) is 17.5 Å². The number of piperidine rings is 1. The van der Waals surface area contributed by atoms with Crippen molar-refractivity contribution in [1.29, 1.82) is 5.26 Å². The summed E-state index contributed by atoms with van der Waals surface area (Å²) in [6, 6.07) is 14.7. The van der Waals surface area contributed by atoms with E-state index in [0.717, 1.165) is 109 Å². The molecule has 1 amide bonds. The zero-order valence-electron chi connectivity index (χ0n) is 35.8. The van der Waals surface area contributed by atoms with Gasteiger partial charge in [0, 0.05) is 53.3 Å². The van der Waals surface area contributed by atoms with Crippen LogP contribution < -0.4 is 15.0 Å². The summed E-state index contributed by atoms with van der Waals surface area (Å²) in [7, 11) is 0. The number of carbonyl (C=O) groups is 1. The molecule has 10 rings (SSSR count). The molecular weight excluding hydrogens is 846 g/mol. The molecule has 1 aromatic carbocycles. The Hall–Kier alpha value is -6.42. The van der Waals surface area contributed by atoms with Crippen LogP contribution in [0, 0.1) is 55.3 Å². The molecule has 1 atom stereocenters. The topological polar surface area (TPSA) is 173 Å². The van der Waals surface area contributed by atoms with E-state index in [1.807, 2.05) is 25.3 Å². The van der Waals surface area contributed by atoms with Gasteiger partial charge in [-0.25, -0.2) is 9.97 Å². The number of halogens is 1. The number of nitrogens with one attached hydrogen (secondary N) is 1. The van der Waals surface area contributed by atoms with E-state index < -0.39 is 0 Å². The third-order valence-corrected chi connectivity index (χ3v) is 14.6. The number of oxazole rings is 1. The summed E-state index contributed by atoms with van der Waals surface area (Å²) in [6.45, 7) is 8.07. The molecule has 16 heteroatoms. The Kier molecular flexibility index (Phi) is 11.2. The highest BCUT2D eigenvalue weighted by Crippen LogP contribution is 2.51. The molecule has 4 aliphatic rings. The van der Waals surface area contributed by atoms with Crippen molar-refractivity contribution in [2.45, 2.75) is 96.7 Å². The van der Waals surface area contributed by atoms with Crippen molar-refractivity contribution in [3.05, 3.63) is 122 Å². The summed E-state index contributed by atoms with van der Waals surface area (Å²) in [5, 5.41) is 31.6. The Morgan fingerprint density at radius 1 is 1.05 bits per heavy atom. The normalized spacial score (nSPS) is 22.5. The number of rotatable bonds is 8. The number of ether oxygens (including phenoxy) is 1. The summed E-state index contributed by atoms with van der Waals surface area (Å²) in [5.74, 6) is 10.6. The Morgan fingerprint density at radius 2 is 1.91 bits per heavy atom. The second-order valence-electron chi connectivity index (χ2n) is 17.5. The van der Waals surface area contributed by atoms with Crippen molar-refractivity contribution < 1.29 is 13.9 Å². The fraction of sp³-hybridized carbons (Fsp3) is 0.396. The van der Waals surface area contributed by atoms with E-state index in [1.165, 1.54) is 10.4 Å². The van der Waals surface area contributed by atoms with E-state index in [4.69, 9.17) is 36.0 Å². The smallest absolute Gasteiger partial charge is 0.272 e. The third kappa shape index (κ3) is 8.26. The van der Waals surface area contributed by atoms with Gasteiger partial charge in [0.2, 0.25) is 0 Å². The van der Waals surface area contributed by atoms with Gasteiger partial charge in [-0.05, 0) is 125 Å². The number of aliphatic imine (C=N–C) groups is 1. The van der Waals surface area contributed by atoms with E-state index in [0.29, 0.717) is 40.3 Å². The molecule has 6 aromatic rings. The predicted octanol–water partition coefficient (Wildman–Crippen LogP) is 8.26. The number of anilines is 1. The highest BCUT2D eigenvalue weighted by Gasteiger charge is 2.46. The number of benzene rings is 1. The molecule has 2 aliphatic heterocycles. The number of nitriles is 1. The second kappa shape index (κ2) is 17.3. The number of carbonyl (C=O) groups excluding carboxylic acids is 1. The molecule has 7 heterocycles. The van der Waals surface area contributed by atoms with Gasteiger partial charge >= 0.3 is 0 Å². The average molecular weight is 892 g/mol. The lowest BCUT2D eigenvalue weighted by molar-refractivity contribution is 0.0684. The van der Waals surface area contributed by atoms with Crippen LogP contribution in [0.4, 0.5) is 5.82 Å². The number of aromatic nitrogens is 7. The summed E-state index contributed by atoms with van der Waals surface area (Å²) in [4.78, 5) is 31.2. The van der Waals surface area contributed by atoms with Crippen LogP contribution in [0.15, 0.2) is 70.5 Å². The quantitative estimate of drug-likeness (QED) is 0.146. The maximum atomic E-state index is 13.2. The molecule has 3 fully saturated rings. The van der Waals surface area contributed by atoms with Crippen LogP contribution in [0.1, 0.15) is 118 Å². The van der Waals surface area contributed by atoms with Crippen molar-refractivity contribution in [2.75, 3.05) is 18.0 Å². The molecule has 1 spiro atoms. The minimum atomic E-state index is -0.346. The van der Waals surface area contributed by atoms with Gasteiger partial charge in [0.05, 0.1) is 35.0 Å². The van der Waals surface area contributed by atoms with Crippen LogP contribution in [0.3, 0.4) is 0 Å². The molecule has 0 bridgehead atoms. The number of thiophene rings is 1. The van der Waals surface area contributed by atoms with E-state index in [-0.39, 0.29) is 29.5 Å². The first-order chi connectivity index (χ1) is 31.1. The lowest BCUT2D eigenvalue weighted by Gasteiger charge is -2.51. The highest BCUT2D eigenvalue weighted by atomic mass is 35.5. The number of pyridine rings is 1. The molecule has 0 radical (unpaired) electrons. The molecule has 14 nitrogen and oxygen atoms in total. The molecule has 2 saturated carbocycles. The SMILES string of the molecule is Cc1sc2c(c1C)C(c1ccc(C#CC3CC4(CCCN(c5ccc(C(=O)NC6CCC(Oc7ccc(C#N)c(Cl)c7)CC6)nn5)C4)C3)nc1)=N[C@@H](Cc1ncco1)c1nnc(C)n1-2. The summed E-state index contributed by atoms with van der Waals surface area (Å²) < 4.78 is 13.9. The average Bonchev–Trinajstić information content (AvgIpc) is 4.01. The predicted molar refractivity (Wildman–Crippen MR) is 242 cm³/mol. The van der Waals surface area contributed by atoms with Crippen molar-refractivity contribution in [3.63, 3.8) is 0 Å². The van der Waals surface area contributed by atoms with Crippen LogP contribution in [-0.4, -0.2) is 71.8 Å². The van der Waals surface area contributed by atoms with E-state index in [1.54, 1.807) is 48.1 Å². The van der Waals surface area contributed by atoms with Crippen molar-refractivity contribution >= 4 is 40.4 Å². The van der Waals surface area contributed by atoms with Gasteiger partial charge in [0.1, 0.15) is 40.6 Å². The molecule has 2 aliphatic carbocycles. The largest absolute Gasteiger partial charge is 0.490 e. The van der Waals surface area contributed by atoms with E-state index in [9.17, 15) is 4.79 Å². The fourth-order valence-electron chi connectivity index (χ4n) is 9.70. The number of nitrogens with zero attached hydrogens (tertiary/aromatic N) is 10. The standard InChI is InChI=1S/C48H46ClN11O3S/c1-28-29(2)64-47-43(28)44(54-40(22-42-51-18-20-62-42)45-58-55-30(3)60(45)47)33-6-9-34(52-26-33)8-5-31-23-48(24-31)17-4-19-59(27-48)41-16-15-39(56-57-41)46(61)53-35-10-13-36(14-11-35)63-37-12-7-32(25-50)38(49)21-37/h6-7,9,12,15-16,18,20-21,26,31,35-36,40H,4,10-11,13-14,17,19,22-24,27H2,1-3H3,(H,53,61)/t31?,35?,36?,40-,48?/m0/s1. The molecule has 1 N–H and O–H groups in total. The number of hydrogen-bond acceptors (Lipinski definition) is 13. The monoisotopic (exact) mass is 891 g/mol. The zero-order chi connectivity index (χ0) is 44.0. The van der Waals surface area contributed by atoms with Crippen LogP contribution in [0.5, 0.6) is 5.75 Å². The number of aryl methyl sites for hydroxylation is 2. The fourth-order valence-corrected chi connectivity index (χ4v) is 11.1. The Balaban J connectivity index is 0.743. The van der Waals surface area contributed by atoms with Crippen LogP contribution >= 0.6 is 22.9 Å². The Bertz CT molecular complexity index is 2840. The first-order valence-corrected chi connectivity index (χ1v) is 23.0. The zero-order valence-corrected chi connectivity index (χ0v) is 37.4. The van der Waals surface area contributed by atoms with E-state index >= 15 is 0 Å². The van der Waals surface area contributed by atoms with Gasteiger partial charge in [-0.15, -0.1) is 31.7 Å². The first-order valence-electron chi connectivity index (χ1n) is 21.8. The number of fused-ring (bicyclic) bond motifs is 3. The van der Waals surface area contributed by atoms with E-state index in [2.05, 4.69) is 78.0 Å². The molecule has 324 valence electrons. The molecule has 5 aromatic heterocycles. The summed E-state index contributed by atoms with van der Waals surface area (Å²) in [5.41, 5.74) is 5.70.